The van der Waals surface area contributed by atoms with Gasteiger partial charge in [-0.2, -0.15) is 0 Å². The number of amides is 4. The Kier molecular flexibility index (Phi) is 17.5. The van der Waals surface area contributed by atoms with Crippen LogP contribution in [0.5, 0.6) is 0 Å². The molecule has 14 heteroatoms. The van der Waals surface area contributed by atoms with Gasteiger partial charge in [-0.3, -0.25) is 28.8 Å². The number of carbonyl (C=O) groups excluding carboxylic acids is 6. The molecule has 0 aliphatic heterocycles. The molecule has 0 fully saturated rings. The minimum atomic E-state index is -2.09. The first kappa shape index (κ1) is 47.7. The Morgan fingerprint density at radius 2 is 0.900 bits per heavy atom. The summed E-state index contributed by atoms with van der Waals surface area (Å²) in [5.41, 5.74) is 6.36. The van der Waals surface area contributed by atoms with Gasteiger partial charge in [0.15, 0.2) is 23.8 Å². The SMILES string of the molecule is CNC(=O)[C@@H](NC(=O)[C@H](OCc1ccc(C2=C(C)C(=O)CCC2)cc1)[C@H](O)[C@@H](O)[C@@H](OCc1ccc(C2=C(C)C(=O)CCC2)cc1)C(=O)N[C@H](C(=O)NC)C(C)C)C(C)C. The van der Waals surface area contributed by atoms with E-state index in [0.29, 0.717) is 24.0 Å². The largest absolute Gasteiger partial charge is 0.387 e. The summed E-state index contributed by atoms with van der Waals surface area (Å²) in [6, 6.07) is 12.4. The number of aliphatic hydroxyl groups is 2. The standard InChI is InChI=1S/C46H62N4O10/c1-25(2)37(43(55)47-7)49-45(57)41(59-23-29-15-19-31(20-16-29)33-11-9-13-35(51)27(33)5)39(53)40(54)42(46(58)50-38(26(3)4)44(56)48-8)60-24-30-17-21-32(22-18-30)34-12-10-14-36(52)28(34)6/h15-22,25-26,37-42,53-54H,9-14,23-24H2,1-8H3,(H,47,55)(H,48,56)(H,49,57)(H,50,58)/t37-,38-,39+,40+,41+,42+/m0/s1. The fraction of sp³-hybridized carbons (Fsp3) is 0.522. The maximum absolute atomic E-state index is 14.0. The lowest BCUT2D eigenvalue weighted by Gasteiger charge is -2.33. The molecule has 2 aromatic carbocycles. The molecule has 2 aliphatic carbocycles. The van der Waals surface area contributed by atoms with Crippen LogP contribution in [0.15, 0.2) is 59.7 Å². The van der Waals surface area contributed by atoms with Gasteiger partial charge in [0, 0.05) is 26.9 Å². The monoisotopic (exact) mass is 830 g/mol. The first-order valence-corrected chi connectivity index (χ1v) is 20.8. The third-order valence-electron chi connectivity index (χ3n) is 11.3. The van der Waals surface area contributed by atoms with E-state index in [0.717, 1.165) is 59.1 Å². The van der Waals surface area contributed by atoms with E-state index in [1.165, 1.54) is 14.1 Å². The molecular formula is C46H62N4O10. The number of Topliss-reactive ketones (excluding diaryl/α,β-unsaturated/α-hetero) is 2. The van der Waals surface area contributed by atoms with Gasteiger partial charge >= 0.3 is 0 Å². The molecule has 60 heavy (non-hydrogen) atoms. The van der Waals surface area contributed by atoms with Crippen LogP contribution in [0.1, 0.15) is 102 Å². The summed E-state index contributed by atoms with van der Waals surface area (Å²) in [5.74, 6) is -3.35. The Morgan fingerprint density at radius 1 is 0.567 bits per heavy atom. The minimum absolute atomic E-state index is 0.116. The lowest BCUT2D eigenvalue weighted by atomic mass is 9.87. The molecule has 0 spiro atoms. The predicted molar refractivity (Wildman–Crippen MR) is 227 cm³/mol. The highest BCUT2D eigenvalue weighted by atomic mass is 16.5. The fourth-order valence-electron chi connectivity index (χ4n) is 7.50. The number of ether oxygens (including phenoxy) is 2. The van der Waals surface area contributed by atoms with E-state index in [1.807, 2.05) is 38.1 Å². The van der Waals surface area contributed by atoms with Crippen molar-refractivity contribution in [2.24, 2.45) is 11.8 Å². The highest BCUT2D eigenvalue weighted by Gasteiger charge is 2.43. The molecule has 2 aliphatic rings. The van der Waals surface area contributed by atoms with Crippen LogP contribution >= 0.6 is 0 Å². The second-order valence-electron chi connectivity index (χ2n) is 16.3. The molecule has 4 amide bonds. The summed E-state index contributed by atoms with van der Waals surface area (Å²) in [4.78, 5) is 78.2. The van der Waals surface area contributed by atoms with Crippen molar-refractivity contribution in [2.45, 2.75) is 130 Å². The highest BCUT2D eigenvalue weighted by molar-refractivity contribution is 6.04. The maximum Gasteiger partial charge on any atom is 0.252 e. The van der Waals surface area contributed by atoms with E-state index in [1.54, 1.807) is 52.0 Å². The van der Waals surface area contributed by atoms with Crippen molar-refractivity contribution in [1.29, 1.82) is 0 Å². The van der Waals surface area contributed by atoms with Crippen LogP contribution in [-0.4, -0.2) is 96.0 Å². The summed E-state index contributed by atoms with van der Waals surface area (Å²) >= 11 is 0. The van der Waals surface area contributed by atoms with Gasteiger partial charge in [-0.1, -0.05) is 76.2 Å². The third kappa shape index (κ3) is 12.1. The van der Waals surface area contributed by atoms with Crippen molar-refractivity contribution in [2.75, 3.05) is 14.1 Å². The molecule has 0 saturated carbocycles. The van der Waals surface area contributed by atoms with Crippen LogP contribution in [0.4, 0.5) is 0 Å². The zero-order valence-electron chi connectivity index (χ0n) is 36.1. The maximum atomic E-state index is 14.0. The molecule has 4 rings (SSSR count). The molecule has 0 radical (unpaired) electrons. The van der Waals surface area contributed by atoms with Crippen LogP contribution in [0, 0.1) is 11.8 Å². The van der Waals surface area contributed by atoms with Gasteiger partial charge in [-0.15, -0.1) is 0 Å². The van der Waals surface area contributed by atoms with Crippen LogP contribution in [-0.2, 0) is 51.5 Å². The number of hydrogen-bond acceptors (Lipinski definition) is 10. The van der Waals surface area contributed by atoms with E-state index in [9.17, 15) is 39.0 Å². The number of aliphatic hydroxyl groups excluding tert-OH is 2. The van der Waals surface area contributed by atoms with Crippen molar-refractivity contribution >= 4 is 46.3 Å². The summed E-state index contributed by atoms with van der Waals surface area (Å²) in [7, 11) is 2.85. The number of ketones is 2. The van der Waals surface area contributed by atoms with E-state index in [2.05, 4.69) is 21.3 Å². The third-order valence-corrected chi connectivity index (χ3v) is 11.3. The smallest absolute Gasteiger partial charge is 0.252 e. The number of rotatable bonds is 19. The summed E-state index contributed by atoms with van der Waals surface area (Å²) in [6.45, 7) is 10.1. The predicted octanol–water partition coefficient (Wildman–Crippen LogP) is 3.71. The van der Waals surface area contributed by atoms with Crippen molar-refractivity contribution in [1.82, 2.24) is 21.3 Å². The molecule has 0 bridgehead atoms. The average Bonchev–Trinajstić information content (AvgIpc) is 3.23. The number of allylic oxidation sites excluding steroid dienone is 4. The first-order valence-electron chi connectivity index (χ1n) is 20.8. The number of benzene rings is 2. The van der Waals surface area contributed by atoms with Crippen molar-refractivity contribution in [3.05, 3.63) is 81.9 Å². The van der Waals surface area contributed by atoms with Crippen molar-refractivity contribution < 1.29 is 48.5 Å². The van der Waals surface area contributed by atoms with E-state index < -0.39 is 60.1 Å². The number of hydrogen-bond donors (Lipinski definition) is 6. The Balaban J connectivity index is 1.64. The molecular weight excluding hydrogens is 769 g/mol. The van der Waals surface area contributed by atoms with E-state index in [4.69, 9.17) is 9.47 Å². The first-order chi connectivity index (χ1) is 28.5. The lowest BCUT2D eigenvalue weighted by molar-refractivity contribution is -0.171. The van der Waals surface area contributed by atoms with E-state index in [-0.39, 0.29) is 36.6 Å². The van der Waals surface area contributed by atoms with Crippen LogP contribution in [0.2, 0.25) is 0 Å². The van der Waals surface area contributed by atoms with Crippen LogP contribution in [0.25, 0.3) is 11.1 Å². The minimum Gasteiger partial charge on any atom is -0.387 e. The van der Waals surface area contributed by atoms with Gasteiger partial charge in [-0.25, -0.2) is 0 Å². The second-order valence-corrected chi connectivity index (χ2v) is 16.3. The molecule has 0 aromatic heterocycles. The molecule has 6 N–H and O–H groups in total. The Bertz CT molecular complexity index is 1800. The van der Waals surface area contributed by atoms with Crippen molar-refractivity contribution in [3.63, 3.8) is 0 Å². The molecule has 0 heterocycles. The lowest BCUT2D eigenvalue weighted by Crippen LogP contribution is -2.60. The number of likely N-dealkylation sites (N-methyl/N-ethyl adjacent to an activating group) is 2. The quantitative estimate of drug-likeness (QED) is 0.121. The van der Waals surface area contributed by atoms with Gasteiger partial charge in [0.1, 0.15) is 24.3 Å². The molecule has 6 atom stereocenters. The Hall–Kier alpha value is -5.02. The number of nitrogens with one attached hydrogen (secondary N) is 4. The molecule has 0 unspecified atom stereocenters. The van der Waals surface area contributed by atoms with Gasteiger partial charge < -0.3 is 41.0 Å². The molecule has 2 aromatic rings. The topological polar surface area (TPSA) is 209 Å². The normalized spacial score (nSPS) is 17.8. The van der Waals surface area contributed by atoms with Crippen LogP contribution < -0.4 is 21.3 Å². The van der Waals surface area contributed by atoms with Gasteiger partial charge in [0.05, 0.1) is 13.2 Å². The summed E-state index contributed by atoms with van der Waals surface area (Å²) in [5, 5.41) is 34.0. The van der Waals surface area contributed by atoms with Gasteiger partial charge in [0.25, 0.3) is 11.8 Å². The molecule has 0 saturated heterocycles. The van der Waals surface area contributed by atoms with Crippen molar-refractivity contribution in [3.8, 4) is 0 Å². The van der Waals surface area contributed by atoms with E-state index >= 15 is 0 Å². The fourth-order valence-corrected chi connectivity index (χ4v) is 7.50. The Morgan fingerprint density at radius 3 is 1.20 bits per heavy atom. The second kappa shape index (κ2) is 22.0. The van der Waals surface area contributed by atoms with Gasteiger partial charge in [0.2, 0.25) is 11.8 Å². The molecule has 326 valence electrons. The molecule has 14 nitrogen and oxygen atoms in total. The summed E-state index contributed by atoms with van der Waals surface area (Å²) < 4.78 is 12.1. The number of carbonyl (C=O) groups is 6. The van der Waals surface area contributed by atoms with Gasteiger partial charge in [-0.05, 0) is 95.9 Å². The summed E-state index contributed by atoms with van der Waals surface area (Å²) in [6.07, 6.45) is -3.70. The zero-order chi connectivity index (χ0) is 44.3. The zero-order valence-corrected chi connectivity index (χ0v) is 36.1. The average molecular weight is 831 g/mol. The van der Waals surface area contributed by atoms with Crippen LogP contribution in [0.3, 0.4) is 0 Å². The highest BCUT2D eigenvalue weighted by Crippen LogP contribution is 2.32. The Labute approximate surface area is 352 Å².